The maximum Gasteiger partial charge on any atom is 0.132 e. The zero-order chi connectivity index (χ0) is 13.0. The molecule has 0 aliphatic rings. The number of aryl methyl sites for hydroxylation is 1. The van der Waals surface area contributed by atoms with E-state index in [1.165, 1.54) is 6.07 Å². The smallest absolute Gasteiger partial charge is 0.132 e. The molecule has 1 N–H and O–H groups in total. The summed E-state index contributed by atoms with van der Waals surface area (Å²) in [4.78, 5) is 0.775. The first-order valence-corrected chi connectivity index (χ1v) is 6.22. The van der Waals surface area contributed by atoms with Crippen molar-refractivity contribution in [2.45, 2.75) is 33.6 Å². The third-order valence-corrected chi connectivity index (χ3v) is 3.07. The Kier molecular flexibility index (Phi) is 4.94. The van der Waals surface area contributed by atoms with Crippen molar-refractivity contribution in [2.24, 2.45) is 0 Å². The molecule has 92 valence electrons. The van der Waals surface area contributed by atoms with Crippen LogP contribution in [0, 0.1) is 11.2 Å². The van der Waals surface area contributed by atoms with Crippen molar-refractivity contribution in [3.63, 3.8) is 0 Å². The monoisotopic (exact) mass is 251 g/mol. The molecule has 0 saturated heterocycles. The van der Waals surface area contributed by atoms with Crippen LogP contribution in [0.25, 0.3) is 0 Å². The SMILES string of the molecule is CC/C(C(=N)c1ccc(CC)cc1F)=C(\C)S. The maximum atomic E-state index is 13.9. The minimum atomic E-state index is -0.324. The first-order chi connectivity index (χ1) is 8.01. The van der Waals surface area contributed by atoms with E-state index in [2.05, 4.69) is 12.6 Å². The van der Waals surface area contributed by atoms with Gasteiger partial charge in [-0.25, -0.2) is 4.39 Å². The molecule has 0 amide bonds. The molecule has 0 fully saturated rings. The fourth-order valence-corrected chi connectivity index (χ4v) is 2.03. The molecular weight excluding hydrogens is 233 g/mol. The van der Waals surface area contributed by atoms with Gasteiger partial charge in [-0.2, -0.15) is 0 Å². The number of thiol groups is 1. The molecule has 0 spiro atoms. The number of nitrogens with one attached hydrogen (secondary N) is 1. The van der Waals surface area contributed by atoms with E-state index < -0.39 is 0 Å². The number of rotatable bonds is 4. The van der Waals surface area contributed by atoms with Crippen LogP contribution in [0.3, 0.4) is 0 Å². The van der Waals surface area contributed by atoms with Crippen LogP contribution >= 0.6 is 12.6 Å². The number of benzene rings is 1. The zero-order valence-corrected chi connectivity index (χ0v) is 11.4. The zero-order valence-electron chi connectivity index (χ0n) is 10.5. The predicted octanol–water partition coefficient (Wildman–Crippen LogP) is 4.37. The van der Waals surface area contributed by atoms with E-state index in [4.69, 9.17) is 5.41 Å². The first-order valence-electron chi connectivity index (χ1n) is 5.77. The van der Waals surface area contributed by atoms with E-state index in [-0.39, 0.29) is 11.5 Å². The second-order valence-corrected chi connectivity index (χ2v) is 4.63. The highest BCUT2D eigenvalue weighted by molar-refractivity contribution is 7.84. The highest BCUT2D eigenvalue weighted by Gasteiger charge is 2.13. The van der Waals surface area contributed by atoms with Crippen LogP contribution in [0.5, 0.6) is 0 Å². The molecule has 0 unspecified atom stereocenters. The molecule has 0 saturated carbocycles. The molecule has 0 aliphatic carbocycles. The van der Waals surface area contributed by atoms with Crippen molar-refractivity contribution in [3.05, 3.63) is 45.6 Å². The van der Waals surface area contributed by atoms with Crippen molar-refractivity contribution >= 4 is 18.3 Å². The summed E-state index contributed by atoms with van der Waals surface area (Å²) in [6.07, 6.45) is 1.48. The molecule has 1 aromatic carbocycles. The lowest BCUT2D eigenvalue weighted by Gasteiger charge is -2.11. The largest absolute Gasteiger partial charge is 0.300 e. The van der Waals surface area contributed by atoms with E-state index in [1.807, 2.05) is 26.8 Å². The van der Waals surface area contributed by atoms with Gasteiger partial charge in [0.25, 0.3) is 0 Å². The molecule has 1 rings (SSSR count). The number of halogens is 1. The lowest BCUT2D eigenvalue weighted by molar-refractivity contribution is 0.623. The molecule has 0 aliphatic heterocycles. The topological polar surface area (TPSA) is 23.9 Å². The summed E-state index contributed by atoms with van der Waals surface area (Å²) < 4.78 is 13.9. The Balaban J connectivity index is 3.18. The van der Waals surface area contributed by atoms with Gasteiger partial charge in [-0.1, -0.05) is 19.9 Å². The van der Waals surface area contributed by atoms with Gasteiger partial charge in [-0.05, 0) is 47.9 Å². The molecule has 17 heavy (non-hydrogen) atoms. The van der Waals surface area contributed by atoms with Crippen molar-refractivity contribution < 1.29 is 4.39 Å². The Morgan fingerprint density at radius 2 is 2.00 bits per heavy atom. The Morgan fingerprint density at radius 3 is 2.41 bits per heavy atom. The number of hydrogen-bond donors (Lipinski definition) is 2. The molecule has 0 bridgehead atoms. The molecular formula is C14H18FNS. The van der Waals surface area contributed by atoms with Gasteiger partial charge in [0.1, 0.15) is 5.82 Å². The van der Waals surface area contributed by atoms with Crippen molar-refractivity contribution in [2.75, 3.05) is 0 Å². The number of allylic oxidation sites excluding steroid dienone is 2. The van der Waals surface area contributed by atoms with Gasteiger partial charge in [0.05, 0.1) is 5.71 Å². The van der Waals surface area contributed by atoms with Crippen LogP contribution in [-0.4, -0.2) is 5.71 Å². The van der Waals surface area contributed by atoms with Crippen molar-refractivity contribution in [3.8, 4) is 0 Å². The van der Waals surface area contributed by atoms with E-state index in [9.17, 15) is 4.39 Å². The van der Waals surface area contributed by atoms with Gasteiger partial charge in [0.15, 0.2) is 0 Å². The quantitative estimate of drug-likeness (QED) is 0.586. The summed E-state index contributed by atoms with van der Waals surface area (Å²) in [5, 5.41) is 8.04. The van der Waals surface area contributed by atoms with E-state index in [0.29, 0.717) is 12.0 Å². The van der Waals surface area contributed by atoms with Crippen LogP contribution in [0.4, 0.5) is 4.39 Å². The van der Waals surface area contributed by atoms with Crippen LogP contribution in [0.2, 0.25) is 0 Å². The van der Waals surface area contributed by atoms with E-state index >= 15 is 0 Å². The molecule has 0 heterocycles. The minimum Gasteiger partial charge on any atom is -0.300 e. The minimum absolute atomic E-state index is 0.236. The summed E-state index contributed by atoms with van der Waals surface area (Å²) in [6.45, 7) is 5.76. The number of hydrogen-bond acceptors (Lipinski definition) is 2. The predicted molar refractivity (Wildman–Crippen MR) is 74.6 cm³/mol. The van der Waals surface area contributed by atoms with Crippen LogP contribution in [0.1, 0.15) is 38.3 Å². The van der Waals surface area contributed by atoms with Gasteiger partial charge in [0.2, 0.25) is 0 Å². The Labute approximate surface area is 108 Å². The molecule has 1 nitrogen and oxygen atoms in total. The maximum absolute atomic E-state index is 13.9. The molecule has 0 radical (unpaired) electrons. The Bertz CT molecular complexity index is 459. The van der Waals surface area contributed by atoms with Crippen LogP contribution in [0.15, 0.2) is 28.7 Å². The second kappa shape index (κ2) is 6.01. The van der Waals surface area contributed by atoms with Crippen molar-refractivity contribution in [1.29, 1.82) is 5.41 Å². The average Bonchev–Trinajstić information content (AvgIpc) is 2.28. The van der Waals surface area contributed by atoms with Crippen LogP contribution in [-0.2, 0) is 6.42 Å². The van der Waals surface area contributed by atoms with Gasteiger partial charge in [-0.15, -0.1) is 12.6 Å². The molecule has 0 atom stereocenters. The van der Waals surface area contributed by atoms with Gasteiger partial charge >= 0.3 is 0 Å². The lowest BCUT2D eigenvalue weighted by Crippen LogP contribution is -2.07. The Hall–Kier alpha value is -1.09. The summed E-state index contributed by atoms with van der Waals surface area (Å²) >= 11 is 4.25. The normalized spacial score (nSPS) is 12.3. The fraction of sp³-hybridized carbons (Fsp3) is 0.357. The third kappa shape index (κ3) is 3.19. The first kappa shape index (κ1) is 14.0. The van der Waals surface area contributed by atoms with Gasteiger partial charge < -0.3 is 0 Å². The van der Waals surface area contributed by atoms with Gasteiger partial charge in [-0.3, -0.25) is 5.41 Å². The third-order valence-electron chi connectivity index (χ3n) is 2.80. The summed E-state index contributed by atoms with van der Waals surface area (Å²) in [6, 6.07) is 5.06. The lowest BCUT2D eigenvalue weighted by atomic mass is 9.98. The highest BCUT2D eigenvalue weighted by atomic mass is 32.1. The fourth-order valence-electron chi connectivity index (χ4n) is 1.76. The summed E-state index contributed by atoms with van der Waals surface area (Å²) in [7, 11) is 0. The molecule has 0 aromatic heterocycles. The average molecular weight is 251 g/mol. The molecule has 1 aromatic rings. The second-order valence-electron chi connectivity index (χ2n) is 3.96. The summed E-state index contributed by atoms with van der Waals surface area (Å²) in [5.74, 6) is -0.324. The van der Waals surface area contributed by atoms with E-state index in [0.717, 1.165) is 22.5 Å². The highest BCUT2D eigenvalue weighted by Crippen LogP contribution is 2.20. The molecule has 3 heteroatoms. The van der Waals surface area contributed by atoms with Crippen molar-refractivity contribution in [1.82, 2.24) is 0 Å². The standard InChI is InChI=1S/C14H18FNS/c1-4-10-6-7-12(13(15)8-10)14(16)11(5-2)9(3)17/h6-8,16-17H,4-5H2,1-3H3/b11-9-,16-14?. The van der Waals surface area contributed by atoms with Crippen LogP contribution < -0.4 is 0 Å². The summed E-state index contributed by atoms with van der Waals surface area (Å²) in [5.41, 5.74) is 2.33. The van der Waals surface area contributed by atoms with Gasteiger partial charge in [0, 0.05) is 5.56 Å². The van der Waals surface area contributed by atoms with E-state index in [1.54, 1.807) is 6.07 Å². The Morgan fingerprint density at radius 1 is 1.35 bits per heavy atom.